The second kappa shape index (κ2) is 8.37. The highest BCUT2D eigenvalue weighted by Crippen LogP contribution is 2.11. The molecule has 0 N–H and O–H groups in total. The Hall–Kier alpha value is -3.03. The number of amides is 2. The summed E-state index contributed by atoms with van der Waals surface area (Å²) in [5.74, 6) is 0.579. The van der Waals surface area contributed by atoms with Gasteiger partial charge in [-0.3, -0.25) is 14.6 Å². The fraction of sp³-hybridized carbons (Fsp3) is 0.389. The first-order valence-corrected chi connectivity index (χ1v) is 8.60. The first-order chi connectivity index (χ1) is 12.7. The highest BCUT2D eigenvalue weighted by molar-refractivity contribution is 5.92. The molecule has 0 spiro atoms. The van der Waals surface area contributed by atoms with Gasteiger partial charge in [0, 0.05) is 52.2 Å². The van der Waals surface area contributed by atoms with E-state index >= 15 is 0 Å². The van der Waals surface area contributed by atoms with Gasteiger partial charge < -0.3 is 14.7 Å². The smallest absolute Gasteiger partial charge is 0.274 e. The van der Waals surface area contributed by atoms with E-state index < -0.39 is 0 Å². The maximum absolute atomic E-state index is 12.5. The van der Waals surface area contributed by atoms with Gasteiger partial charge in [-0.2, -0.15) is 0 Å². The van der Waals surface area contributed by atoms with Crippen molar-refractivity contribution in [3.63, 3.8) is 0 Å². The Morgan fingerprint density at radius 1 is 1.12 bits per heavy atom. The minimum Gasteiger partial charge on any atom is -0.358 e. The highest BCUT2D eigenvalue weighted by Gasteiger charge is 2.22. The fourth-order valence-corrected chi connectivity index (χ4v) is 2.80. The van der Waals surface area contributed by atoms with Crippen LogP contribution in [0.3, 0.4) is 0 Å². The van der Waals surface area contributed by atoms with Gasteiger partial charge in [0.15, 0.2) is 11.5 Å². The van der Waals surface area contributed by atoms with Crippen LogP contribution in [-0.2, 0) is 11.2 Å². The zero-order valence-corrected chi connectivity index (χ0v) is 14.8. The first-order valence-electron chi connectivity index (χ1n) is 8.60. The molecule has 2 aromatic heterocycles. The maximum Gasteiger partial charge on any atom is 0.274 e. The van der Waals surface area contributed by atoms with Crippen LogP contribution < -0.4 is 4.90 Å². The summed E-state index contributed by atoms with van der Waals surface area (Å²) in [7, 11) is 1.95. The van der Waals surface area contributed by atoms with E-state index in [2.05, 4.69) is 15.2 Å². The zero-order valence-electron chi connectivity index (χ0n) is 14.8. The predicted octanol–water partition coefficient (Wildman–Crippen LogP) is 0.465. The molecule has 0 aliphatic carbocycles. The zero-order chi connectivity index (χ0) is 18.4. The molecule has 0 unspecified atom stereocenters. The van der Waals surface area contributed by atoms with Crippen LogP contribution >= 0.6 is 0 Å². The topological polar surface area (TPSA) is 82.5 Å². The predicted molar refractivity (Wildman–Crippen MR) is 96.8 cm³/mol. The van der Waals surface area contributed by atoms with Crippen molar-refractivity contribution in [2.45, 2.75) is 6.42 Å². The number of hydrogen-bond donors (Lipinski definition) is 0. The van der Waals surface area contributed by atoms with Crippen LogP contribution in [0.15, 0.2) is 36.7 Å². The minimum absolute atomic E-state index is 0.144. The van der Waals surface area contributed by atoms with Gasteiger partial charge in [-0.15, -0.1) is 10.2 Å². The molecule has 1 saturated heterocycles. The molecule has 3 heterocycles. The second-order valence-corrected chi connectivity index (χ2v) is 6.24. The summed E-state index contributed by atoms with van der Waals surface area (Å²) >= 11 is 0. The van der Waals surface area contributed by atoms with Crippen LogP contribution in [0.2, 0.25) is 0 Å². The first kappa shape index (κ1) is 17.8. The third-order valence-corrected chi connectivity index (χ3v) is 4.50. The number of nitrogens with zero attached hydrogens (tertiary/aromatic N) is 6. The Balaban J connectivity index is 1.55. The Bertz CT molecular complexity index is 729. The maximum atomic E-state index is 12.5. The fourth-order valence-electron chi connectivity index (χ4n) is 2.80. The lowest BCUT2D eigenvalue weighted by Gasteiger charge is -2.32. The summed E-state index contributed by atoms with van der Waals surface area (Å²) in [6.07, 6.45) is 5.26. The lowest BCUT2D eigenvalue weighted by Crippen LogP contribution is -2.48. The number of hydrogen-bond acceptors (Lipinski definition) is 6. The molecule has 0 bridgehead atoms. The van der Waals surface area contributed by atoms with Gasteiger partial charge in [0.05, 0.1) is 0 Å². The number of pyridine rings is 1. The molecule has 3 rings (SSSR count). The molecule has 0 aromatic carbocycles. The van der Waals surface area contributed by atoms with Crippen molar-refractivity contribution in [2.75, 3.05) is 44.7 Å². The van der Waals surface area contributed by atoms with Gasteiger partial charge in [0.25, 0.3) is 5.91 Å². The molecule has 1 fully saturated rings. The quantitative estimate of drug-likeness (QED) is 0.701. The molecule has 1 aliphatic rings. The molecule has 0 saturated carbocycles. The van der Waals surface area contributed by atoms with Gasteiger partial charge in [0.2, 0.25) is 6.41 Å². The van der Waals surface area contributed by atoms with Crippen molar-refractivity contribution in [3.8, 4) is 0 Å². The SMILES string of the molecule is CN(CCc1ccncc1)c1ccc(C(=O)N2CCN(C=O)CC2)nn1. The molecule has 2 aromatic rings. The number of likely N-dealkylation sites (N-methyl/N-ethyl adjacent to an activating group) is 1. The van der Waals surface area contributed by atoms with Crippen molar-refractivity contribution in [3.05, 3.63) is 47.9 Å². The number of carbonyl (C=O) groups excluding carboxylic acids is 2. The van der Waals surface area contributed by atoms with Crippen LogP contribution in [0.1, 0.15) is 16.1 Å². The number of carbonyl (C=O) groups is 2. The van der Waals surface area contributed by atoms with Crippen LogP contribution in [-0.4, -0.2) is 77.1 Å². The van der Waals surface area contributed by atoms with Gasteiger partial charge >= 0.3 is 0 Å². The third kappa shape index (κ3) is 4.33. The van der Waals surface area contributed by atoms with E-state index in [9.17, 15) is 9.59 Å². The largest absolute Gasteiger partial charge is 0.358 e. The summed E-state index contributed by atoms with van der Waals surface area (Å²) < 4.78 is 0. The molecule has 2 amide bonds. The van der Waals surface area contributed by atoms with Crippen molar-refractivity contribution >= 4 is 18.1 Å². The lowest BCUT2D eigenvalue weighted by atomic mass is 10.2. The Morgan fingerprint density at radius 3 is 2.46 bits per heavy atom. The summed E-state index contributed by atoms with van der Waals surface area (Å²) in [5.41, 5.74) is 1.54. The monoisotopic (exact) mass is 354 g/mol. The normalized spacial score (nSPS) is 14.2. The molecule has 26 heavy (non-hydrogen) atoms. The van der Waals surface area contributed by atoms with Gasteiger partial charge in [0.1, 0.15) is 0 Å². The van der Waals surface area contributed by atoms with Gasteiger partial charge in [-0.25, -0.2) is 0 Å². The van der Waals surface area contributed by atoms with E-state index in [0.29, 0.717) is 31.9 Å². The number of piperazine rings is 1. The summed E-state index contributed by atoms with van der Waals surface area (Å²) in [6, 6.07) is 7.51. The molecular weight excluding hydrogens is 332 g/mol. The molecule has 0 atom stereocenters. The van der Waals surface area contributed by atoms with E-state index in [4.69, 9.17) is 0 Å². The minimum atomic E-state index is -0.144. The third-order valence-electron chi connectivity index (χ3n) is 4.50. The van der Waals surface area contributed by atoms with Crippen molar-refractivity contribution in [2.24, 2.45) is 0 Å². The molecule has 1 aliphatic heterocycles. The summed E-state index contributed by atoms with van der Waals surface area (Å²) in [5, 5.41) is 8.28. The van der Waals surface area contributed by atoms with Crippen molar-refractivity contribution < 1.29 is 9.59 Å². The van der Waals surface area contributed by atoms with Gasteiger partial charge in [-0.05, 0) is 36.2 Å². The van der Waals surface area contributed by atoms with E-state index in [1.807, 2.05) is 30.1 Å². The number of aromatic nitrogens is 3. The summed E-state index contributed by atoms with van der Waals surface area (Å²) in [6.45, 7) is 2.94. The lowest BCUT2D eigenvalue weighted by molar-refractivity contribution is -0.119. The van der Waals surface area contributed by atoms with Crippen LogP contribution in [0.5, 0.6) is 0 Å². The van der Waals surface area contributed by atoms with Crippen molar-refractivity contribution in [1.82, 2.24) is 25.0 Å². The van der Waals surface area contributed by atoms with Crippen LogP contribution in [0.25, 0.3) is 0 Å². The average Bonchev–Trinajstić information content (AvgIpc) is 2.72. The van der Waals surface area contributed by atoms with E-state index in [1.165, 1.54) is 5.56 Å². The Morgan fingerprint density at radius 2 is 1.85 bits per heavy atom. The van der Waals surface area contributed by atoms with Crippen molar-refractivity contribution in [1.29, 1.82) is 0 Å². The standard InChI is InChI=1S/C18H22N6O2/c1-22(9-6-15-4-7-19-8-5-15)17-3-2-16(20-21-17)18(26)24-12-10-23(14-25)11-13-24/h2-5,7-8,14H,6,9-13H2,1H3. The number of rotatable bonds is 6. The summed E-state index contributed by atoms with van der Waals surface area (Å²) in [4.78, 5) is 32.6. The number of anilines is 1. The Labute approximate surface area is 152 Å². The molecule has 136 valence electrons. The molecular formula is C18H22N6O2. The molecule has 0 radical (unpaired) electrons. The second-order valence-electron chi connectivity index (χ2n) is 6.24. The van der Waals surface area contributed by atoms with E-state index in [-0.39, 0.29) is 5.91 Å². The van der Waals surface area contributed by atoms with Crippen LogP contribution in [0, 0.1) is 0 Å². The van der Waals surface area contributed by atoms with Crippen LogP contribution in [0.4, 0.5) is 5.82 Å². The van der Waals surface area contributed by atoms with E-state index in [1.54, 1.807) is 28.3 Å². The molecule has 8 heteroatoms. The van der Waals surface area contributed by atoms with Gasteiger partial charge in [-0.1, -0.05) is 0 Å². The van der Waals surface area contributed by atoms with E-state index in [0.717, 1.165) is 25.2 Å². The molecule has 8 nitrogen and oxygen atoms in total. The highest BCUT2D eigenvalue weighted by atomic mass is 16.2. The Kier molecular flexibility index (Phi) is 5.73. The average molecular weight is 354 g/mol.